The lowest BCUT2D eigenvalue weighted by Gasteiger charge is -2.09. The normalized spacial score (nSPS) is 12.9. The number of ether oxygens (including phenoxy) is 1. The lowest BCUT2D eigenvalue weighted by molar-refractivity contribution is 0.360. The molecule has 0 aliphatic carbocycles. The first-order chi connectivity index (χ1) is 13.3. The first kappa shape index (κ1) is 16.2. The van der Waals surface area contributed by atoms with Gasteiger partial charge in [0.05, 0.1) is 18.0 Å². The molecule has 5 rings (SSSR count). The Balaban J connectivity index is 1.50. The van der Waals surface area contributed by atoms with E-state index in [1.807, 2.05) is 23.0 Å². The maximum absolute atomic E-state index is 13.8. The van der Waals surface area contributed by atoms with E-state index in [9.17, 15) is 4.39 Å². The quantitative estimate of drug-likeness (QED) is 0.520. The summed E-state index contributed by atoms with van der Waals surface area (Å²) in [6.45, 7) is 1.26. The molecule has 2 aromatic carbocycles. The van der Waals surface area contributed by atoms with Crippen molar-refractivity contribution in [3.05, 3.63) is 65.7 Å². The van der Waals surface area contributed by atoms with Gasteiger partial charge in [-0.2, -0.15) is 5.10 Å². The van der Waals surface area contributed by atoms with Crippen LogP contribution in [0, 0.1) is 5.82 Å². The molecule has 1 aliphatic rings. The Hall–Kier alpha value is -3.00. The first-order valence-corrected chi connectivity index (χ1v) is 9.33. The minimum absolute atomic E-state index is 0.286. The molecule has 0 bridgehead atoms. The Bertz CT molecular complexity index is 1110. The van der Waals surface area contributed by atoms with Gasteiger partial charge in [-0.05, 0) is 41.8 Å². The number of aromatic nitrogens is 3. The van der Waals surface area contributed by atoms with Gasteiger partial charge in [0.25, 0.3) is 0 Å². The summed E-state index contributed by atoms with van der Waals surface area (Å²) in [6.07, 6.45) is 4.50. The highest BCUT2D eigenvalue weighted by Gasteiger charge is 2.25. The summed E-state index contributed by atoms with van der Waals surface area (Å²) in [7, 11) is 0. The number of hydrogen-bond donors (Lipinski definition) is 1. The van der Waals surface area contributed by atoms with E-state index < -0.39 is 0 Å². The van der Waals surface area contributed by atoms with E-state index in [-0.39, 0.29) is 5.82 Å². The van der Waals surface area contributed by atoms with Gasteiger partial charge in [0.15, 0.2) is 11.4 Å². The van der Waals surface area contributed by atoms with Crippen LogP contribution < -0.4 is 9.46 Å². The molecule has 1 N–H and O–H groups in total. The smallest absolute Gasteiger partial charge is 0.191 e. The zero-order valence-corrected chi connectivity index (χ0v) is 15.0. The first-order valence-electron chi connectivity index (χ1n) is 8.51. The van der Waals surface area contributed by atoms with Crippen LogP contribution in [0.5, 0.6) is 5.75 Å². The fraction of sp³-hybridized carbons (Fsp3) is 0.158. The molecule has 3 heterocycles. The van der Waals surface area contributed by atoms with E-state index >= 15 is 0 Å². The van der Waals surface area contributed by atoms with Gasteiger partial charge in [0.2, 0.25) is 0 Å². The summed E-state index contributed by atoms with van der Waals surface area (Å²) in [5, 5.41) is 9.18. The van der Waals surface area contributed by atoms with E-state index in [2.05, 4.69) is 15.0 Å². The molecule has 0 fully saturated rings. The van der Waals surface area contributed by atoms with Crippen molar-refractivity contribution in [2.75, 3.05) is 11.3 Å². The summed E-state index contributed by atoms with van der Waals surface area (Å²) in [5.74, 6) is 1.03. The molecule has 2 aromatic heterocycles. The predicted octanol–water partition coefficient (Wildman–Crippen LogP) is 4.27. The Kier molecular flexibility index (Phi) is 3.97. The van der Waals surface area contributed by atoms with Crippen molar-refractivity contribution >= 4 is 28.7 Å². The van der Waals surface area contributed by atoms with Gasteiger partial charge < -0.3 is 14.0 Å². The Morgan fingerprint density at radius 1 is 1.26 bits per heavy atom. The molecule has 0 unspecified atom stereocenters. The van der Waals surface area contributed by atoms with Crippen LogP contribution in [0.1, 0.15) is 11.1 Å². The SMILES string of the molecule is Fc1ccccc1SNc1noc2cc(Cn3cccn3)c3c(c12)OCC3. The average molecular weight is 382 g/mol. The largest absolute Gasteiger partial charge is 0.492 e. The van der Waals surface area contributed by atoms with Crippen LogP contribution in [0.2, 0.25) is 0 Å². The third-order valence-electron chi connectivity index (χ3n) is 4.50. The van der Waals surface area contributed by atoms with Crippen LogP contribution in [0.15, 0.2) is 58.2 Å². The summed E-state index contributed by atoms with van der Waals surface area (Å²) >= 11 is 1.16. The monoisotopic (exact) mass is 382 g/mol. The summed E-state index contributed by atoms with van der Waals surface area (Å²) in [4.78, 5) is 0.488. The molecule has 0 saturated carbocycles. The molecule has 0 radical (unpaired) electrons. The lowest BCUT2D eigenvalue weighted by Crippen LogP contribution is -2.02. The van der Waals surface area contributed by atoms with Gasteiger partial charge in [-0.15, -0.1) is 0 Å². The van der Waals surface area contributed by atoms with Crippen molar-refractivity contribution in [3.63, 3.8) is 0 Å². The minimum Gasteiger partial charge on any atom is -0.492 e. The van der Waals surface area contributed by atoms with Crippen molar-refractivity contribution in [1.82, 2.24) is 14.9 Å². The van der Waals surface area contributed by atoms with E-state index in [0.717, 1.165) is 40.6 Å². The molecule has 27 heavy (non-hydrogen) atoms. The van der Waals surface area contributed by atoms with E-state index in [4.69, 9.17) is 9.26 Å². The van der Waals surface area contributed by atoms with Gasteiger partial charge >= 0.3 is 0 Å². The highest BCUT2D eigenvalue weighted by molar-refractivity contribution is 8.00. The Morgan fingerprint density at radius 2 is 2.19 bits per heavy atom. The highest BCUT2D eigenvalue weighted by atomic mass is 32.2. The van der Waals surface area contributed by atoms with Crippen LogP contribution in [0.3, 0.4) is 0 Å². The van der Waals surface area contributed by atoms with Crippen LogP contribution in [-0.2, 0) is 13.0 Å². The molecule has 0 spiro atoms. The van der Waals surface area contributed by atoms with Gasteiger partial charge in [0.1, 0.15) is 17.0 Å². The third-order valence-corrected chi connectivity index (χ3v) is 5.34. The molecule has 8 heteroatoms. The predicted molar refractivity (Wildman–Crippen MR) is 100 cm³/mol. The highest BCUT2D eigenvalue weighted by Crippen LogP contribution is 2.42. The molecule has 0 amide bonds. The maximum atomic E-state index is 13.8. The number of hydrogen-bond acceptors (Lipinski definition) is 6. The second-order valence-electron chi connectivity index (χ2n) is 6.18. The van der Waals surface area contributed by atoms with Crippen molar-refractivity contribution in [3.8, 4) is 5.75 Å². The number of benzene rings is 2. The summed E-state index contributed by atoms with van der Waals surface area (Å²) < 4.78 is 30.2. The molecule has 136 valence electrons. The molecule has 0 saturated heterocycles. The Morgan fingerprint density at radius 3 is 3.04 bits per heavy atom. The topological polar surface area (TPSA) is 65.1 Å². The standard InChI is InChI=1S/C19H15FN4O2S/c20-14-4-1-2-5-16(14)27-23-19-17-15(26-22-19)10-12(11-24-8-3-7-21-24)13-6-9-25-18(13)17/h1-5,7-8,10H,6,9,11H2,(H,22,23). The van der Waals surface area contributed by atoms with E-state index in [0.29, 0.717) is 29.4 Å². The zero-order valence-electron chi connectivity index (χ0n) is 14.2. The molecule has 4 aromatic rings. The van der Waals surface area contributed by atoms with E-state index in [1.165, 1.54) is 6.07 Å². The second kappa shape index (κ2) is 6.62. The fourth-order valence-electron chi connectivity index (χ4n) is 3.26. The zero-order chi connectivity index (χ0) is 18.2. The third kappa shape index (κ3) is 2.91. The molecule has 6 nitrogen and oxygen atoms in total. The number of halogens is 1. The van der Waals surface area contributed by atoms with Crippen molar-refractivity contribution < 1.29 is 13.7 Å². The van der Waals surface area contributed by atoms with E-state index in [1.54, 1.807) is 24.4 Å². The number of anilines is 1. The lowest BCUT2D eigenvalue weighted by atomic mass is 10.0. The molecular weight excluding hydrogens is 367 g/mol. The average Bonchev–Trinajstić information content (AvgIpc) is 3.41. The number of nitrogens with zero attached hydrogens (tertiary/aromatic N) is 3. The van der Waals surface area contributed by atoms with Gasteiger partial charge in [-0.3, -0.25) is 4.68 Å². The van der Waals surface area contributed by atoms with Crippen LogP contribution in [-0.4, -0.2) is 21.5 Å². The number of nitrogens with one attached hydrogen (secondary N) is 1. The summed E-state index contributed by atoms with van der Waals surface area (Å²) in [5.41, 5.74) is 2.87. The van der Waals surface area contributed by atoms with Crippen molar-refractivity contribution in [1.29, 1.82) is 0 Å². The van der Waals surface area contributed by atoms with Crippen LogP contribution in [0.25, 0.3) is 11.0 Å². The van der Waals surface area contributed by atoms with Gasteiger partial charge in [-0.25, -0.2) is 4.39 Å². The van der Waals surface area contributed by atoms with Crippen LogP contribution in [0.4, 0.5) is 10.2 Å². The van der Waals surface area contributed by atoms with Gasteiger partial charge in [0, 0.05) is 24.4 Å². The van der Waals surface area contributed by atoms with Crippen molar-refractivity contribution in [2.24, 2.45) is 0 Å². The fourth-order valence-corrected chi connectivity index (χ4v) is 3.92. The van der Waals surface area contributed by atoms with Crippen molar-refractivity contribution in [2.45, 2.75) is 17.9 Å². The Labute approximate surface area is 158 Å². The molecular formula is C19H15FN4O2S. The second-order valence-corrected chi connectivity index (χ2v) is 7.03. The number of fused-ring (bicyclic) bond motifs is 3. The molecule has 0 atom stereocenters. The van der Waals surface area contributed by atoms with Gasteiger partial charge in [-0.1, -0.05) is 17.3 Å². The molecule has 1 aliphatic heterocycles. The summed E-state index contributed by atoms with van der Waals surface area (Å²) in [6, 6.07) is 10.5. The maximum Gasteiger partial charge on any atom is 0.191 e. The number of rotatable bonds is 5. The van der Waals surface area contributed by atoms with Crippen LogP contribution >= 0.6 is 11.9 Å². The minimum atomic E-state index is -0.286.